The minimum Gasteiger partial charge on any atom is -0.497 e. The highest BCUT2D eigenvalue weighted by molar-refractivity contribution is 5.33. The average Bonchev–Trinajstić information content (AvgIpc) is 3.35. The number of nitrogens with one attached hydrogen (secondary N) is 1. The minimum absolute atomic E-state index is 0.366. The highest BCUT2D eigenvalue weighted by atomic mass is 16.5. The van der Waals surface area contributed by atoms with E-state index in [4.69, 9.17) is 9.47 Å². The summed E-state index contributed by atoms with van der Waals surface area (Å²) in [5.74, 6) is 2.44. The van der Waals surface area contributed by atoms with Crippen molar-refractivity contribution in [2.75, 3.05) is 14.2 Å². The van der Waals surface area contributed by atoms with Gasteiger partial charge in [-0.05, 0) is 43.4 Å². The Balaban J connectivity index is 1.76. The molecule has 3 rings (SSSR count). The Bertz CT molecular complexity index is 660. The molecule has 0 unspecified atom stereocenters. The highest BCUT2D eigenvalue weighted by Crippen LogP contribution is 2.41. The Morgan fingerprint density at radius 3 is 2.48 bits per heavy atom. The van der Waals surface area contributed by atoms with Gasteiger partial charge in [-0.3, -0.25) is 0 Å². The highest BCUT2D eigenvalue weighted by Gasteiger charge is 2.32. The summed E-state index contributed by atoms with van der Waals surface area (Å²) in [5.41, 5.74) is 3.46. The van der Waals surface area contributed by atoms with Gasteiger partial charge in [0.2, 0.25) is 5.88 Å². The summed E-state index contributed by atoms with van der Waals surface area (Å²) in [6, 6.07) is 8.74. The molecule has 5 nitrogen and oxygen atoms in total. The van der Waals surface area contributed by atoms with Gasteiger partial charge in [0.15, 0.2) is 0 Å². The zero-order chi connectivity index (χ0) is 16.4. The maximum Gasteiger partial charge on any atom is 0.216 e. The van der Waals surface area contributed by atoms with Crippen molar-refractivity contribution in [1.82, 2.24) is 15.1 Å². The van der Waals surface area contributed by atoms with Crippen LogP contribution in [-0.4, -0.2) is 24.0 Å². The molecule has 1 fully saturated rings. The Morgan fingerprint density at radius 1 is 1.22 bits per heavy atom. The van der Waals surface area contributed by atoms with E-state index in [1.807, 2.05) is 26.1 Å². The molecule has 1 saturated carbocycles. The third-order valence-corrected chi connectivity index (χ3v) is 4.55. The standard InChI is InChI=1S/C18H25N3O2/c1-12-16(18(23-4)21(2)20-12)11-19-17(13-5-6-13)14-7-9-15(22-3)10-8-14/h7-10,13,17,19H,5-6,11H2,1-4H3/t17-/m0/s1. The zero-order valence-corrected chi connectivity index (χ0v) is 14.3. The lowest BCUT2D eigenvalue weighted by Gasteiger charge is -2.19. The number of ether oxygens (including phenoxy) is 2. The Labute approximate surface area is 137 Å². The van der Waals surface area contributed by atoms with E-state index in [9.17, 15) is 0 Å². The molecule has 0 bridgehead atoms. The summed E-state index contributed by atoms with van der Waals surface area (Å²) in [6.45, 7) is 2.79. The van der Waals surface area contributed by atoms with Gasteiger partial charge in [-0.15, -0.1) is 0 Å². The molecule has 1 aromatic heterocycles. The Hall–Kier alpha value is -2.01. The van der Waals surface area contributed by atoms with Crippen LogP contribution in [0.4, 0.5) is 0 Å². The fourth-order valence-electron chi connectivity index (χ4n) is 3.15. The molecule has 1 N–H and O–H groups in total. The van der Waals surface area contributed by atoms with Crippen LogP contribution in [0.15, 0.2) is 24.3 Å². The number of benzene rings is 1. The third-order valence-electron chi connectivity index (χ3n) is 4.55. The molecule has 1 heterocycles. The first-order valence-electron chi connectivity index (χ1n) is 8.07. The third kappa shape index (κ3) is 3.34. The second-order valence-electron chi connectivity index (χ2n) is 6.17. The normalized spacial score (nSPS) is 15.5. The predicted octanol–water partition coefficient (Wildman–Crippen LogP) is 2.99. The Morgan fingerprint density at radius 2 is 1.91 bits per heavy atom. The van der Waals surface area contributed by atoms with Crippen molar-refractivity contribution in [1.29, 1.82) is 0 Å². The van der Waals surface area contributed by atoms with Crippen LogP contribution in [0.2, 0.25) is 0 Å². The number of aromatic nitrogens is 2. The summed E-state index contributed by atoms with van der Waals surface area (Å²) >= 11 is 0. The quantitative estimate of drug-likeness (QED) is 0.853. The minimum atomic E-state index is 0.366. The van der Waals surface area contributed by atoms with Crippen LogP contribution in [0, 0.1) is 12.8 Å². The van der Waals surface area contributed by atoms with E-state index < -0.39 is 0 Å². The van der Waals surface area contributed by atoms with Crippen LogP contribution in [0.25, 0.3) is 0 Å². The molecule has 124 valence electrons. The number of rotatable bonds is 7. The van der Waals surface area contributed by atoms with Crippen LogP contribution in [0.5, 0.6) is 11.6 Å². The van der Waals surface area contributed by atoms with E-state index in [1.165, 1.54) is 18.4 Å². The predicted molar refractivity (Wildman–Crippen MR) is 89.8 cm³/mol. The fraction of sp³-hybridized carbons (Fsp3) is 0.500. The summed E-state index contributed by atoms with van der Waals surface area (Å²) in [6.07, 6.45) is 2.57. The average molecular weight is 315 g/mol. The molecule has 1 aromatic carbocycles. The van der Waals surface area contributed by atoms with Gasteiger partial charge in [-0.25, -0.2) is 4.68 Å². The van der Waals surface area contributed by atoms with Gasteiger partial charge in [0.1, 0.15) is 5.75 Å². The lowest BCUT2D eigenvalue weighted by molar-refractivity contribution is 0.365. The van der Waals surface area contributed by atoms with Crippen molar-refractivity contribution in [2.24, 2.45) is 13.0 Å². The maximum atomic E-state index is 5.49. The number of aryl methyl sites for hydroxylation is 2. The van der Waals surface area contributed by atoms with Gasteiger partial charge in [-0.1, -0.05) is 12.1 Å². The van der Waals surface area contributed by atoms with E-state index in [2.05, 4.69) is 22.5 Å². The van der Waals surface area contributed by atoms with Gasteiger partial charge in [0.25, 0.3) is 0 Å². The van der Waals surface area contributed by atoms with Gasteiger partial charge >= 0.3 is 0 Å². The molecule has 1 atom stereocenters. The van der Waals surface area contributed by atoms with Crippen molar-refractivity contribution >= 4 is 0 Å². The number of hydrogen-bond acceptors (Lipinski definition) is 4. The number of hydrogen-bond donors (Lipinski definition) is 1. The van der Waals surface area contributed by atoms with Gasteiger partial charge in [-0.2, -0.15) is 5.10 Å². The molecule has 0 saturated heterocycles. The maximum absolute atomic E-state index is 5.49. The lowest BCUT2D eigenvalue weighted by Crippen LogP contribution is -2.23. The van der Waals surface area contributed by atoms with E-state index in [1.54, 1.807) is 18.9 Å². The van der Waals surface area contributed by atoms with Gasteiger partial charge in [0.05, 0.1) is 25.5 Å². The SMILES string of the molecule is COc1ccc([C@@H](NCc2c(C)nn(C)c2OC)C2CC2)cc1. The zero-order valence-electron chi connectivity index (χ0n) is 14.3. The van der Waals surface area contributed by atoms with E-state index >= 15 is 0 Å². The van der Waals surface area contributed by atoms with Crippen molar-refractivity contribution in [2.45, 2.75) is 32.4 Å². The molecule has 0 aliphatic heterocycles. The molecule has 23 heavy (non-hydrogen) atoms. The molecule has 5 heteroatoms. The topological polar surface area (TPSA) is 48.3 Å². The lowest BCUT2D eigenvalue weighted by atomic mass is 10.0. The first kappa shape index (κ1) is 15.9. The second kappa shape index (κ2) is 6.62. The monoisotopic (exact) mass is 315 g/mol. The van der Waals surface area contributed by atoms with Crippen molar-refractivity contribution in [3.05, 3.63) is 41.1 Å². The van der Waals surface area contributed by atoms with Gasteiger partial charge < -0.3 is 14.8 Å². The summed E-state index contributed by atoms with van der Waals surface area (Å²) < 4.78 is 12.5. The van der Waals surface area contributed by atoms with E-state index in [0.29, 0.717) is 12.0 Å². The van der Waals surface area contributed by atoms with E-state index in [0.717, 1.165) is 29.4 Å². The van der Waals surface area contributed by atoms with Crippen LogP contribution in [0.3, 0.4) is 0 Å². The first-order chi connectivity index (χ1) is 11.1. The van der Waals surface area contributed by atoms with Crippen LogP contribution in [-0.2, 0) is 13.6 Å². The molecule has 1 aliphatic rings. The van der Waals surface area contributed by atoms with Crippen molar-refractivity contribution in [3.8, 4) is 11.6 Å². The molecule has 2 aromatic rings. The Kier molecular flexibility index (Phi) is 4.57. The van der Waals surface area contributed by atoms with Crippen LogP contribution >= 0.6 is 0 Å². The molecule has 0 amide bonds. The molecular weight excluding hydrogens is 290 g/mol. The van der Waals surface area contributed by atoms with Crippen molar-refractivity contribution in [3.63, 3.8) is 0 Å². The van der Waals surface area contributed by atoms with Gasteiger partial charge in [0, 0.05) is 19.6 Å². The first-order valence-corrected chi connectivity index (χ1v) is 8.07. The van der Waals surface area contributed by atoms with Crippen LogP contribution < -0.4 is 14.8 Å². The van der Waals surface area contributed by atoms with Crippen LogP contribution in [0.1, 0.15) is 35.7 Å². The summed E-state index contributed by atoms with van der Waals surface area (Å²) in [5, 5.41) is 8.16. The van der Waals surface area contributed by atoms with E-state index in [-0.39, 0.29) is 0 Å². The number of methoxy groups -OCH3 is 2. The smallest absolute Gasteiger partial charge is 0.216 e. The van der Waals surface area contributed by atoms with Crippen molar-refractivity contribution < 1.29 is 9.47 Å². The molecule has 0 spiro atoms. The summed E-state index contributed by atoms with van der Waals surface area (Å²) in [7, 11) is 5.31. The number of nitrogens with zero attached hydrogens (tertiary/aromatic N) is 2. The summed E-state index contributed by atoms with van der Waals surface area (Å²) in [4.78, 5) is 0. The molecular formula is C18H25N3O2. The second-order valence-corrected chi connectivity index (χ2v) is 6.17. The molecule has 0 radical (unpaired) electrons. The molecule has 1 aliphatic carbocycles. The fourth-order valence-corrected chi connectivity index (χ4v) is 3.15. The largest absolute Gasteiger partial charge is 0.497 e.